The second kappa shape index (κ2) is 12.6. The molecule has 3 heterocycles. The zero-order valence-electron chi connectivity index (χ0n) is 20.5. The van der Waals surface area contributed by atoms with Crippen molar-refractivity contribution in [3.63, 3.8) is 0 Å². The monoisotopic (exact) mass is 516 g/mol. The molecule has 4 N–H and O–H groups in total. The van der Waals surface area contributed by atoms with Gasteiger partial charge in [-0.3, -0.25) is 29.4 Å². The van der Waals surface area contributed by atoms with E-state index in [1.807, 2.05) is 0 Å². The molecule has 200 valence electrons. The first-order valence-electron chi connectivity index (χ1n) is 12.4. The molecule has 13 nitrogen and oxygen atoms in total. The number of urea groups is 1. The summed E-state index contributed by atoms with van der Waals surface area (Å²) in [6, 6.07) is 3.81. The van der Waals surface area contributed by atoms with Crippen molar-refractivity contribution in [2.75, 3.05) is 71.0 Å². The minimum Gasteiger partial charge on any atom is -0.382 e. The highest BCUT2D eigenvalue weighted by atomic mass is 16.5. The smallest absolute Gasteiger partial charge is 0.317 e. The highest BCUT2D eigenvalue weighted by Crippen LogP contribution is 2.32. The number of benzene rings is 1. The van der Waals surface area contributed by atoms with Crippen LogP contribution < -0.4 is 21.3 Å². The molecule has 13 heteroatoms. The quantitative estimate of drug-likeness (QED) is 0.217. The second-order valence-electron chi connectivity index (χ2n) is 8.80. The Hall–Kier alpha value is -3.55. The first-order chi connectivity index (χ1) is 18.0. The Morgan fingerprint density at radius 1 is 0.973 bits per heavy atom. The third-order valence-corrected chi connectivity index (χ3v) is 6.33. The number of nitrogens with one attached hydrogen (secondary N) is 4. The van der Waals surface area contributed by atoms with Gasteiger partial charge in [0.25, 0.3) is 11.8 Å². The predicted molar refractivity (Wildman–Crippen MR) is 131 cm³/mol. The summed E-state index contributed by atoms with van der Waals surface area (Å²) >= 11 is 0. The first-order valence-corrected chi connectivity index (χ1v) is 12.4. The largest absolute Gasteiger partial charge is 0.382 e. The topological polar surface area (TPSA) is 158 Å². The van der Waals surface area contributed by atoms with Gasteiger partial charge in [0.2, 0.25) is 11.8 Å². The Labute approximate surface area is 214 Å². The summed E-state index contributed by atoms with van der Waals surface area (Å²) in [5.74, 6) is -2.16. The molecule has 0 saturated carbocycles. The van der Waals surface area contributed by atoms with Crippen molar-refractivity contribution in [3.8, 4) is 0 Å². The van der Waals surface area contributed by atoms with Crippen LogP contribution in [0.1, 0.15) is 33.6 Å². The molecular formula is C24H32N6O7. The van der Waals surface area contributed by atoms with Crippen molar-refractivity contribution in [1.82, 2.24) is 25.8 Å². The highest BCUT2D eigenvalue weighted by Gasteiger charge is 2.45. The molecule has 2 saturated heterocycles. The number of hydrogen-bond donors (Lipinski definition) is 4. The molecule has 3 aliphatic heterocycles. The summed E-state index contributed by atoms with van der Waals surface area (Å²) in [4.78, 5) is 64.3. The van der Waals surface area contributed by atoms with E-state index in [2.05, 4.69) is 21.3 Å². The summed E-state index contributed by atoms with van der Waals surface area (Å²) in [6.07, 6.45) is 0.179. The van der Waals surface area contributed by atoms with Gasteiger partial charge < -0.3 is 30.3 Å². The van der Waals surface area contributed by atoms with Crippen LogP contribution in [0.4, 0.5) is 10.5 Å². The Morgan fingerprint density at radius 3 is 2.43 bits per heavy atom. The van der Waals surface area contributed by atoms with Crippen LogP contribution in [0.2, 0.25) is 0 Å². The lowest BCUT2D eigenvalue weighted by molar-refractivity contribution is -0.136. The number of hydrogen-bond acceptors (Lipinski definition) is 9. The van der Waals surface area contributed by atoms with Gasteiger partial charge in [-0.2, -0.15) is 0 Å². The summed E-state index contributed by atoms with van der Waals surface area (Å²) < 4.78 is 11.0. The SMILES string of the molecule is O=C1CCC(N2C(=O)c3cccc(NCCOCCOCCNC(=O)N4CCNCC4)c3C2=O)C(=O)N1. The van der Waals surface area contributed by atoms with E-state index in [1.54, 1.807) is 23.1 Å². The molecule has 37 heavy (non-hydrogen) atoms. The number of piperidine rings is 1. The number of carbonyl (C=O) groups excluding carboxylic acids is 5. The molecule has 6 amide bonds. The maximum absolute atomic E-state index is 13.1. The van der Waals surface area contributed by atoms with Crippen molar-refractivity contribution in [2.45, 2.75) is 18.9 Å². The van der Waals surface area contributed by atoms with E-state index in [9.17, 15) is 24.0 Å². The van der Waals surface area contributed by atoms with Crippen molar-refractivity contribution in [3.05, 3.63) is 29.3 Å². The Morgan fingerprint density at radius 2 is 1.70 bits per heavy atom. The van der Waals surface area contributed by atoms with Crippen LogP contribution in [-0.2, 0) is 19.1 Å². The van der Waals surface area contributed by atoms with E-state index >= 15 is 0 Å². The zero-order chi connectivity index (χ0) is 26.2. The van der Waals surface area contributed by atoms with E-state index in [1.165, 1.54) is 0 Å². The Bertz CT molecular complexity index is 1040. The van der Waals surface area contributed by atoms with Gasteiger partial charge in [0.05, 0.1) is 37.6 Å². The number of imide groups is 2. The molecule has 0 bridgehead atoms. The molecule has 1 atom stereocenters. The highest BCUT2D eigenvalue weighted by molar-refractivity contribution is 6.25. The number of rotatable bonds is 11. The molecule has 2 fully saturated rings. The molecule has 1 aromatic carbocycles. The van der Waals surface area contributed by atoms with E-state index in [0.29, 0.717) is 58.3 Å². The summed E-state index contributed by atoms with van der Waals surface area (Å²) in [6.45, 7) is 5.27. The maximum atomic E-state index is 13.1. The Kier molecular flexibility index (Phi) is 9.04. The zero-order valence-corrected chi connectivity index (χ0v) is 20.5. The van der Waals surface area contributed by atoms with Crippen molar-refractivity contribution < 1.29 is 33.4 Å². The molecule has 0 aromatic heterocycles. The van der Waals surface area contributed by atoms with Gasteiger partial charge in [-0.1, -0.05) is 6.07 Å². The van der Waals surface area contributed by atoms with E-state index in [-0.39, 0.29) is 30.0 Å². The first kappa shape index (κ1) is 26.5. The van der Waals surface area contributed by atoms with Gasteiger partial charge in [-0.25, -0.2) is 4.79 Å². The van der Waals surface area contributed by atoms with Gasteiger partial charge in [-0.05, 0) is 18.6 Å². The fraction of sp³-hybridized carbons (Fsp3) is 0.542. The number of piperazine rings is 1. The number of fused-ring (bicyclic) bond motifs is 1. The summed E-state index contributed by atoms with van der Waals surface area (Å²) in [5.41, 5.74) is 0.909. The van der Waals surface area contributed by atoms with Gasteiger partial charge in [-0.15, -0.1) is 0 Å². The molecule has 1 unspecified atom stereocenters. The number of amides is 6. The van der Waals surface area contributed by atoms with E-state index in [4.69, 9.17) is 9.47 Å². The van der Waals surface area contributed by atoms with Crippen LogP contribution in [0, 0.1) is 0 Å². The molecule has 0 radical (unpaired) electrons. The third kappa shape index (κ3) is 6.42. The molecule has 0 aliphatic carbocycles. The van der Waals surface area contributed by atoms with Crippen molar-refractivity contribution >= 4 is 35.3 Å². The van der Waals surface area contributed by atoms with E-state index in [0.717, 1.165) is 18.0 Å². The molecular weight excluding hydrogens is 484 g/mol. The molecule has 0 spiro atoms. The van der Waals surface area contributed by atoms with Crippen molar-refractivity contribution in [2.24, 2.45) is 0 Å². The fourth-order valence-corrected chi connectivity index (χ4v) is 4.45. The van der Waals surface area contributed by atoms with Crippen LogP contribution in [0.15, 0.2) is 18.2 Å². The number of anilines is 1. The van der Waals surface area contributed by atoms with Gasteiger partial charge in [0.15, 0.2) is 0 Å². The van der Waals surface area contributed by atoms with Crippen LogP contribution >= 0.6 is 0 Å². The predicted octanol–water partition coefficient (Wildman–Crippen LogP) is -0.852. The van der Waals surface area contributed by atoms with Crippen LogP contribution in [0.25, 0.3) is 0 Å². The second-order valence-corrected chi connectivity index (χ2v) is 8.80. The van der Waals surface area contributed by atoms with Crippen LogP contribution in [0.5, 0.6) is 0 Å². The number of ether oxygens (including phenoxy) is 2. The normalized spacial score (nSPS) is 19.6. The minimum atomic E-state index is -1.00. The molecule has 4 rings (SSSR count). The molecule has 1 aromatic rings. The summed E-state index contributed by atoms with van der Waals surface area (Å²) in [7, 11) is 0. The fourth-order valence-electron chi connectivity index (χ4n) is 4.45. The van der Waals surface area contributed by atoms with Gasteiger partial charge in [0.1, 0.15) is 6.04 Å². The lowest BCUT2D eigenvalue weighted by Crippen LogP contribution is -2.54. The van der Waals surface area contributed by atoms with Gasteiger partial charge >= 0.3 is 6.03 Å². The lowest BCUT2D eigenvalue weighted by Gasteiger charge is -2.27. The van der Waals surface area contributed by atoms with Crippen LogP contribution in [0.3, 0.4) is 0 Å². The summed E-state index contributed by atoms with van der Waals surface area (Å²) in [5, 5.41) is 11.3. The minimum absolute atomic E-state index is 0.0706. The van der Waals surface area contributed by atoms with E-state index < -0.39 is 29.7 Å². The van der Waals surface area contributed by atoms with Crippen molar-refractivity contribution in [1.29, 1.82) is 0 Å². The Balaban J connectivity index is 1.14. The maximum Gasteiger partial charge on any atom is 0.317 e. The standard InChI is InChI=1S/C24H32N6O7/c31-19-5-4-18(21(32)28-19)30-22(33)16-2-1-3-17(20(16)23(30)34)26-8-12-36-14-15-37-13-9-27-24(35)29-10-6-25-7-11-29/h1-3,18,25-26H,4-15H2,(H,27,35)(H,28,31,32). The van der Waals surface area contributed by atoms with Gasteiger partial charge in [0, 0.05) is 51.4 Å². The van der Waals surface area contributed by atoms with Crippen LogP contribution in [-0.4, -0.2) is 111 Å². The number of nitrogens with zero attached hydrogens (tertiary/aromatic N) is 2. The average Bonchev–Trinajstić information content (AvgIpc) is 3.16. The average molecular weight is 517 g/mol. The molecule has 3 aliphatic rings. The lowest BCUT2D eigenvalue weighted by atomic mass is 10.0. The number of carbonyl (C=O) groups is 5. The third-order valence-electron chi connectivity index (χ3n) is 6.33.